The molecule has 0 aliphatic carbocycles. The summed E-state index contributed by atoms with van der Waals surface area (Å²) in [7, 11) is 0. The first kappa shape index (κ1) is 24.2. The number of hydrogen-bond acceptors (Lipinski definition) is 4. The summed E-state index contributed by atoms with van der Waals surface area (Å²) >= 11 is 0. The van der Waals surface area contributed by atoms with Gasteiger partial charge in [0.1, 0.15) is 6.04 Å². The second kappa shape index (κ2) is 11.0. The molecule has 0 aliphatic rings. The Morgan fingerprint density at radius 1 is 0.667 bits per heavy atom. The van der Waals surface area contributed by atoms with E-state index >= 15 is 0 Å². The number of hydrogen-bond donors (Lipinski definition) is 4. The fraction of sp³-hybridized carbons (Fsp3) is 0.0690. The first-order chi connectivity index (χ1) is 17.4. The van der Waals surface area contributed by atoms with Gasteiger partial charge in [0.15, 0.2) is 0 Å². The van der Waals surface area contributed by atoms with Crippen molar-refractivity contribution in [2.45, 2.75) is 13.0 Å². The average molecular weight is 479 g/mol. The van der Waals surface area contributed by atoms with Crippen LogP contribution in [0.3, 0.4) is 0 Å². The zero-order valence-corrected chi connectivity index (χ0v) is 19.7. The summed E-state index contributed by atoms with van der Waals surface area (Å²) in [6, 6.07) is 28.5. The van der Waals surface area contributed by atoms with E-state index in [0.29, 0.717) is 33.8 Å². The van der Waals surface area contributed by atoms with Crippen molar-refractivity contribution in [1.82, 2.24) is 5.32 Å². The number of amides is 3. The molecular weight excluding hydrogens is 452 g/mol. The molecule has 0 saturated carbocycles. The summed E-state index contributed by atoms with van der Waals surface area (Å²) in [6.45, 7) is 1.96. The predicted octanol–water partition coefficient (Wildman–Crippen LogP) is 4.94. The maximum Gasteiger partial charge on any atom is 0.255 e. The Morgan fingerprint density at radius 3 is 1.94 bits per heavy atom. The lowest BCUT2D eigenvalue weighted by Crippen LogP contribution is -2.37. The molecule has 0 aromatic heterocycles. The summed E-state index contributed by atoms with van der Waals surface area (Å²) in [5.74, 6) is -1.13. The lowest BCUT2D eigenvalue weighted by molar-refractivity contribution is -0.118. The standard InChI is InChI=1S/C29H26N4O3/c1-19-11-17-23(18-12-19)31-29(36)26(33-28(35)21-7-3-2-4-8-21)20-13-15-22(16-14-20)27(34)32-25-10-6-5-9-24(25)30/h2-18,26H,30H2,1H3,(H,31,36)(H,32,34)(H,33,35). The Morgan fingerprint density at radius 2 is 1.28 bits per heavy atom. The van der Waals surface area contributed by atoms with Crippen molar-refractivity contribution in [3.63, 3.8) is 0 Å². The van der Waals surface area contributed by atoms with Crippen molar-refractivity contribution < 1.29 is 14.4 Å². The molecule has 1 unspecified atom stereocenters. The number of anilines is 3. The zero-order valence-electron chi connectivity index (χ0n) is 19.7. The molecule has 4 rings (SSSR count). The van der Waals surface area contributed by atoms with Gasteiger partial charge in [-0.25, -0.2) is 0 Å². The number of nitrogen functional groups attached to an aromatic ring is 1. The van der Waals surface area contributed by atoms with Gasteiger partial charge in [-0.05, 0) is 61.0 Å². The lowest BCUT2D eigenvalue weighted by Gasteiger charge is -2.19. The topological polar surface area (TPSA) is 113 Å². The van der Waals surface area contributed by atoms with Crippen molar-refractivity contribution in [3.8, 4) is 0 Å². The minimum Gasteiger partial charge on any atom is -0.397 e. The van der Waals surface area contributed by atoms with Crippen LogP contribution in [0.15, 0.2) is 103 Å². The van der Waals surface area contributed by atoms with E-state index in [1.165, 1.54) is 0 Å². The van der Waals surface area contributed by atoms with E-state index in [2.05, 4.69) is 16.0 Å². The third kappa shape index (κ3) is 5.95. The number of carbonyl (C=O) groups excluding carboxylic acids is 3. The molecule has 4 aromatic rings. The van der Waals surface area contributed by atoms with Crippen LogP contribution in [0, 0.1) is 6.92 Å². The van der Waals surface area contributed by atoms with Gasteiger partial charge >= 0.3 is 0 Å². The first-order valence-corrected chi connectivity index (χ1v) is 11.4. The van der Waals surface area contributed by atoms with Gasteiger partial charge in [-0.1, -0.05) is 60.2 Å². The van der Waals surface area contributed by atoms with Crippen LogP contribution in [0.25, 0.3) is 0 Å². The molecule has 0 spiro atoms. The van der Waals surface area contributed by atoms with Gasteiger partial charge in [0, 0.05) is 16.8 Å². The molecule has 0 saturated heterocycles. The molecule has 3 amide bonds. The molecule has 0 aliphatic heterocycles. The average Bonchev–Trinajstić information content (AvgIpc) is 2.90. The molecule has 0 radical (unpaired) electrons. The Labute approximate surface area is 209 Å². The van der Waals surface area contributed by atoms with Crippen LogP contribution in [0.2, 0.25) is 0 Å². The number of rotatable bonds is 7. The van der Waals surface area contributed by atoms with E-state index in [-0.39, 0.29) is 11.8 Å². The third-order valence-electron chi connectivity index (χ3n) is 5.61. The van der Waals surface area contributed by atoms with Gasteiger partial charge in [-0.15, -0.1) is 0 Å². The monoisotopic (exact) mass is 478 g/mol. The van der Waals surface area contributed by atoms with Gasteiger partial charge in [-0.3, -0.25) is 14.4 Å². The van der Waals surface area contributed by atoms with Crippen molar-refractivity contribution in [2.24, 2.45) is 0 Å². The highest BCUT2D eigenvalue weighted by atomic mass is 16.2. The quantitative estimate of drug-likeness (QED) is 0.282. The Bertz CT molecular complexity index is 1370. The maximum atomic E-state index is 13.2. The maximum absolute atomic E-state index is 13.2. The van der Waals surface area contributed by atoms with Gasteiger partial charge in [0.05, 0.1) is 11.4 Å². The van der Waals surface area contributed by atoms with Crippen LogP contribution >= 0.6 is 0 Å². The molecule has 180 valence electrons. The van der Waals surface area contributed by atoms with Crippen molar-refractivity contribution in [2.75, 3.05) is 16.4 Å². The molecule has 4 aromatic carbocycles. The summed E-state index contributed by atoms with van der Waals surface area (Å²) < 4.78 is 0. The predicted molar refractivity (Wildman–Crippen MR) is 142 cm³/mol. The number of benzene rings is 4. The zero-order chi connectivity index (χ0) is 25.5. The van der Waals surface area contributed by atoms with E-state index in [0.717, 1.165) is 5.56 Å². The summed E-state index contributed by atoms with van der Waals surface area (Å²) in [6.07, 6.45) is 0. The largest absolute Gasteiger partial charge is 0.397 e. The smallest absolute Gasteiger partial charge is 0.255 e. The Balaban J connectivity index is 1.56. The van der Waals surface area contributed by atoms with Crippen LogP contribution in [0.5, 0.6) is 0 Å². The fourth-order valence-electron chi connectivity index (χ4n) is 3.59. The molecule has 0 fully saturated rings. The van der Waals surface area contributed by atoms with E-state index in [1.807, 2.05) is 25.1 Å². The van der Waals surface area contributed by atoms with Gasteiger partial charge in [0.25, 0.3) is 17.7 Å². The molecule has 7 nitrogen and oxygen atoms in total. The van der Waals surface area contributed by atoms with E-state index in [4.69, 9.17) is 5.73 Å². The van der Waals surface area contributed by atoms with E-state index in [9.17, 15) is 14.4 Å². The minimum atomic E-state index is -0.985. The SMILES string of the molecule is Cc1ccc(NC(=O)C(NC(=O)c2ccccc2)c2ccc(C(=O)Nc3ccccc3N)cc2)cc1. The molecule has 0 heterocycles. The highest BCUT2D eigenvalue weighted by Gasteiger charge is 2.24. The first-order valence-electron chi connectivity index (χ1n) is 11.4. The molecule has 0 bridgehead atoms. The molecule has 1 atom stereocenters. The number of nitrogens with one attached hydrogen (secondary N) is 3. The molecule has 7 heteroatoms. The molecular formula is C29H26N4O3. The second-order valence-corrected chi connectivity index (χ2v) is 8.29. The number of carbonyl (C=O) groups is 3. The second-order valence-electron chi connectivity index (χ2n) is 8.29. The van der Waals surface area contributed by atoms with Crippen molar-refractivity contribution in [1.29, 1.82) is 0 Å². The number of nitrogens with two attached hydrogens (primary N) is 1. The minimum absolute atomic E-state index is 0.339. The summed E-state index contributed by atoms with van der Waals surface area (Å²) in [4.78, 5) is 38.8. The van der Waals surface area contributed by atoms with Crippen LogP contribution in [-0.4, -0.2) is 17.7 Å². The number of aryl methyl sites for hydroxylation is 1. The van der Waals surface area contributed by atoms with Crippen LogP contribution in [0.1, 0.15) is 37.9 Å². The summed E-state index contributed by atoms with van der Waals surface area (Å²) in [5, 5.41) is 8.44. The highest BCUT2D eigenvalue weighted by molar-refractivity contribution is 6.06. The molecule has 5 N–H and O–H groups in total. The molecule has 36 heavy (non-hydrogen) atoms. The summed E-state index contributed by atoms with van der Waals surface area (Å²) in [5.41, 5.74) is 9.90. The van der Waals surface area contributed by atoms with Gasteiger partial charge in [-0.2, -0.15) is 0 Å². The van der Waals surface area contributed by atoms with Gasteiger partial charge in [0.2, 0.25) is 0 Å². The Hall–Kier alpha value is -4.91. The van der Waals surface area contributed by atoms with Crippen LogP contribution in [-0.2, 0) is 4.79 Å². The van der Waals surface area contributed by atoms with E-state index < -0.39 is 11.9 Å². The van der Waals surface area contributed by atoms with Crippen molar-refractivity contribution in [3.05, 3.63) is 125 Å². The van der Waals surface area contributed by atoms with Crippen LogP contribution in [0.4, 0.5) is 17.1 Å². The Kier molecular flexibility index (Phi) is 7.41. The highest BCUT2D eigenvalue weighted by Crippen LogP contribution is 2.21. The van der Waals surface area contributed by atoms with E-state index in [1.54, 1.807) is 84.9 Å². The van der Waals surface area contributed by atoms with Crippen molar-refractivity contribution >= 4 is 34.8 Å². The third-order valence-corrected chi connectivity index (χ3v) is 5.61. The fourth-order valence-corrected chi connectivity index (χ4v) is 3.59. The van der Waals surface area contributed by atoms with Gasteiger partial charge < -0.3 is 21.7 Å². The lowest BCUT2D eigenvalue weighted by atomic mass is 10.0. The normalized spacial score (nSPS) is 11.2. The van der Waals surface area contributed by atoms with Crippen LogP contribution < -0.4 is 21.7 Å². The number of para-hydroxylation sites is 2.